The van der Waals surface area contributed by atoms with Gasteiger partial charge < -0.3 is 15.4 Å². The summed E-state index contributed by atoms with van der Waals surface area (Å²) < 4.78 is 5.27. The van der Waals surface area contributed by atoms with Gasteiger partial charge in [-0.3, -0.25) is 9.59 Å². The summed E-state index contributed by atoms with van der Waals surface area (Å²) in [5.74, 6) is 0.145. The molecule has 0 bridgehead atoms. The van der Waals surface area contributed by atoms with Gasteiger partial charge in [-0.05, 0) is 29.8 Å². The fourth-order valence-corrected chi connectivity index (χ4v) is 2.90. The van der Waals surface area contributed by atoms with Crippen LogP contribution < -0.4 is 15.4 Å². The lowest BCUT2D eigenvalue weighted by Gasteiger charge is -2.19. The summed E-state index contributed by atoms with van der Waals surface area (Å²) in [6, 6.07) is 25.2. The molecule has 0 aliphatic carbocycles. The first-order valence-electron chi connectivity index (χ1n) is 9.01. The summed E-state index contributed by atoms with van der Waals surface area (Å²) in [6.45, 7) is 0. The maximum Gasteiger partial charge on any atom is 0.251 e. The first kappa shape index (κ1) is 19.2. The third-order valence-electron chi connectivity index (χ3n) is 4.31. The summed E-state index contributed by atoms with van der Waals surface area (Å²) in [5, 5.41) is 5.82. The van der Waals surface area contributed by atoms with Gasteiger partial charge in [-0.2, -0.15) is 0 Å². The Morgan fingerprint density at radius 1 is 0.857 bits per heavy atom. The van der Waals surface area contributed by atoms with E-state index in [1.165, 1.54) is 0 Å². The molecule has 0 aromatic heterocycles. The molecule has 1 atom stereocenters. The van der Waals surface area contributed by atoms with Crippen molar-refractivity contribution in [2.75, 3.05) is 12.4 Å². The summed E-state index contributed by atoms with van der Waals surface area (Å²) >= 11 is 0. The van der Waals surface area contributed by atoms with Crippen LogP contribution in [0, 0.1) is 0 Å². The molecule has 0 unspecified atom stereocenters. The number of carbonyl (C=O) groups excluding carboxylic acids is 2. The van der Waals surface area contributed by atoms with Crippen molar-refractivity contribution in [3.05, 3.63) is 96.1 Å². The maximum atomic E-state index is 12.7. The van der Waals surface area contributed by atoms with Crippen LogP contribution in [0.4, 0.5) is 5.69 Å². The van der Waals surface area contributed by atoms with Crippen molar-refractivity contribution in [2.45, 2.75) is 12.5 Å². The van der Waals surface area contributed by atoms with Crippen molar-refractivity contribution in [2.24, 2.45) is 0 Å². The molecule has 5 nitrogen and oxygen atoms in total. The van der Waals surface area contributed by atoms with E-state index >= 15 is 0 Å². The second-order valence-corrected chi connectivity index (χ2v) is 6.26. The number of rotatable bonds is 7. The van der Waals surface area contributed by atoms with Crippen molar-refractivity contribution < 1.29 is 14.3 Å². The smallest absolute Gasteiger partial charge is 0.251 e. The van der Waals surface area contributed by atoms with E-state index in [-0.39, 0.29) is 18.2 Å². The number of amides is 2. The van der Waals surface area contributed by atoms with Gasteiger partial charge in [-0.1, -0.05) is 60.7 Å². The van der Waals surface area contributed by atoms with Gasteiger partial charge in [-0.25, -0.2) is 0 Å². The van der Waals surface area contributed by atoms with E-state index in [0.717, 1.165) is 5.56 Å². The van der Waals surface area contributed by atoms with E-state index in [9.17, 15) is 9.59 Å². The van der Waals surface area contributed by atoms with E-state index in [1.54, 1.807) is 43.5 Å². The van der Waals surface area contributed by atoms with Gasteiger partial charge in [0.25, 0.3) is 5.91 Å². The Bertz CT molecular complexity index is 927. The molecule has 0 aliphatic rings. The van der Waals surface area contributed by atoms with E-state index in [0.29, 0.717) is 17.0 Å². The summed E-state index contributed by atoms with van der Waals surface area (Å²) in [5.41, 5.74) is 2.01. The topological polar surface area (TPSA) is 67.4 Å². The molecule has 0 heterocycles. The highest BCUT2D eigenvalue weighted by atomic mass is 16.5. The first-order chi connectivity index (χ1) is 13.7. The number of hydrogen-bond donors (Lipinski definition) is 2. The highest BCUT2D eigenvalue weighted by Crippen LogP contribution is 2.24. The van der Waals surface area contributed by atoms with Crippen LogP contribution in [0.15, 0.2) is 84.9 Å². The molecule has 0 aliphatic heterocycles. The number of ether oxygens (including phenoxy) is 1. The van der Waals surface area contributed by atoms with Crippen LogP contribution in [0.3, 0.4) is 0 Å². The normalized spacial score (nSPS) is 11.3. The van der Waals surface area contributed by atoms with Crippen molar-refractivity contribution in [1.82, 2.24) is 5.32 Å². The van der Waals surface area contributed by atoms with Gasteiger partial charge in [0.2, 0.25) is 5.91 Å². The lowest BCUT2D eigenvalue weighted by Crippen LogP contribution is -2.31. The second kappa shape index (κ2) is 9.37. The standard InChI is InChI=1S/C23H22N2O3/c1-28-21-15-9-8-14-19(21)24-22(26)16-20(17-10-4-2-5-11-17)25-23(27)18-12-6-3-7-13-18/h2-15,20H,16H2,1H3,(H,24,26)(H,25,27)/t20-/m0/s1. The Balaban J connectivity index is 1.76. The molecular formula is C23H22N2O3. The molecule has 142 valence electrons. The highest BCUT2D eigenvalue weighted by Gasteiger charge is 2.20. The number of benzene rings is 3. The summed E-state index contributed by atoms with van der Waals surface area (Å²) in [6.07, 6.45) is 0.0979. The number of methoxy groups -OCH3 is 1. The lowest BCUT2D eigenvalue weighted by atomic mass is 10.0. The molecule has 3 aromatic carbocycles. The SMILES string of the molecule is COc1ccccc1NC(=O)C[C@H](NC(=O)c1ccccc1)c1ccccc1. The second-order valence-electron chi connectivity index (χ2n) is 6.26. The molecule has 0 saturated heterocycles. The molecule has 28 heavy (non-hydrogen) atoms. The van der Waals surface area contributed by atoms with Crippen molar-refractivity contribution >= 4 is 17.5 Å². The average molecular weight is 374 g/mol. The molecule has 0 radical (unpaired) electrons. The Kier molecular flexibility index (Phi) is 6.41. The van der Waals surface area contributed by atoms with Crippen molar-refractivity contribution in [3.63, 3.8) is 0 Å². The van der Waals surface area contributed by atoms with E-state index < -0.39 is 6.04 Å². The third kappa shape index (κ3) is 4.98. The number of hydrogen-bond acceptors (Lipinski definition) is 3. The van der Waals surface area contributed by atoms with Crippen LogP contribution in [0.1, 0.15) is 28.4 Å². The van der Waals surface area contributed by atoms with E-state index in [4.69, 9.17) is 4.74 Å². The van der Waals surface area contributed by atoms with Gasteiger partial charge in [0.05, 0.1) is 25.3 Å². The zero-order valence-corrected chi connectivity index (χ0v) is 15.6. The summed E-state index contributed by atoms with van der Waals surface area (Å²) in [4.78, 5) is 25.3. The Morgan fingerprint density at radius 3 is 2.14 bits per heavy atom. The largest absolute Gasteiger partial charge is 0.495 e. The van der Waals surface area contributed by atoms with Crippen LogP contribution in [-0.2, 0) is 4.79 Å². The molecule has 0 spiro atoms. The van der Waals surface area contributed by atoms with E-state index in [2.05, 4.69) is 10.6 Å². The molecule has 5 heteroatoms. The Labute approximate surface area is 164 Å². The van der Waals surface area contributed by atoms with Crippen molar-refractivity contribution in [1.29, 1.82) is 0 Å². The van der Waals surface area contributed by atoms with Gasteiger partial charge in [-0.15, -0.1) is 0 Å². The quantitative estimate of drug-likeness (QED) is 0.651. The zero-order chi connectivity index (χ0) is 19.8. The van der Waals surface area contributed by atoms with Crippen LogP contribution in [0.25, 0.3) is 0 Å². The molecule has 0 saturated carbocycles. The van der Waals surface area contributed by atoms with Gasteiger partial charge in [0, 0.05) is 5.56 Å². The minimum absolute atomic E-state index is 0.0979. The number of anilines is 1. The highest BCUT2D eigenvalue weighted by molar-refractivity contribution is 5.96. The van der Waals surface area contributed by atoms with Crippen LogP contribution >= 0.6 is 0 Å². The predicted octanol–water partition coefficient (Wildman–Crippen LogP) is 4.20. The maximum absolute atomic E-state index is 12.7. The lowest BCUT2D eigenvalue weighted by molar-refractivity contribution is -0.116. The molecule has 3 rings (SSSR count). The van der Waals surface area contributed by atoms with Crippen LogP contribution in [-0.4, -0.2) is 18.9 Å². The van der Waals surface area contributed by atoms with Crippen molar-refractivity contribution in [3.8, 4) is 5.75 Å². The average Bonchev–Trinajstić information content (AvgIpc) is 2.75. The van der Waals surface area contributed by atoms with Crippen LogP contribution in [0.2, 0.25) is 0 Å². The molecule has 3 aromatic rings. The molecular weight excluding hydrogens is 352 g/mol. The number of nitrogens with one attached hydrogen (secondary N) is 2. The van der Waals surface area contributed by atoms with Gasteiger partial charge >= 0.3 is 0 Å². The Hall–Kier alpha value is -3.60. The fraction of sp³-hybridized carbons (Fsp3) is 0.130. The Morgan fingerprint density at radius 2 is 1.46 bits per heavy atom. The molecule has 0 fully saturated rings. The molecule has 2 N–H and O–H groups in total. The van der Waals surface area contributed by atoms with E-state index in [1.807, 2.05) is 48.5 Å². The minimum atomic E-state index is -0.455. The third-order valence-corrected chi connectivity index (χ3v) is 4.31. The predicted molar refractivity (Wildman–Crippen MR) is 109 cm³/mol. The minimum Gasteiger partial charge on any atom is -0.495 e. The number of para-hydroxylation sites is 2. The monoisotopic (exact) mass is 374 g/mol. The van der Waals surface area contributed by atoms with Gasteiger partial charge in [0.1, 0.15) is 5.75 Å². The number of carbonyl (C=O) groups is 2. The molecule has 2 amide bonds. The zero-order valence-electron chi connectivity index (χ0n) is 15.6. The van der Waals surface area contributed by atoms with Gasteiger partial charge in [0.15, 0.2) is 0 Å². The first-order valence-corrected chi connectivity index (χ1v) is 9.01. The summed E-state index contributed by atoms with van der Waals surface area (Å²) in [7, 11) is 1.55. The van der Waals surface area contributed by atoms with Crippen LogP contribution in [0.5, 0.6) is 5.75 Å². The fourth-order valence-electron chi connectivity index (χ4n) is 2.90.